The van der Waals surface area contributed by atoms with Crippen molar-refractivity contribution in [2.75, 3.05) is 26.3 Å². The normalized spacial score (nSPS) is 20.8. The Morgan fingerprint density at radius 3 is 1.96 bits per heavy atom. The monoisotopic (exact) mass is 359 g/mol. The molecule has 0 aromatic heterocycles. The van der Waals surface area contributed by atoms with Crippen molar-refractivity contribution in [2.45, 2.75) is 23.5 Å². The van der Waals surface area contributed by atoms with Gasteiger partial charge in [0.25, 0.3) is 0 Å². The zero-order chi connectivity index (χ0) is 17.3. The largest absolute Gasteiger partial charge is 0.347 e. The second-order valence-corrected chi connectivity index (χ2v) is 8.34. The van der Waals surface area contributed by atoms with E-state index in [1.165, 1.54) is 4.31 Å². The van der Waals surface area contributed by atoms with Crippen LogP contribution in [0.3, 0.4) is 0 Å². The molecule has 0 atom stereocenters. The highest BCUT2D eigenvalue weighted by Gasteiger charge is 2.42. The first-order valence-corrected chi connectivity index (χ1v) is 9.97. The standard InChI is InChI=1S/C19H21NO4S/c21-25(22,20-12-10-19(11-13-20)23-14-15-24-19)18-8-6-17(7-9-18)16-4-2-1-3-5-16/h1-9H,10-15H2. The molecule has 4 rings (SSSR count). The molecule has 2 aliphatic rings. The SMILES string of the molecule is O=S(=O)(c1ccc(-c2ccccc2)cc1)N1CCC2(CC1)OCCO2. The van der Waals surface area contributed by atoms with Gasteiger partial charge >= 0.3 is 0 Å². The molecule has 0 saturated carbocycles. The maximum absolute atomic E-state index is 12.9. The van der Waals surface area contributed by atoms with Crippen LogP contribution in [-0.2, 0) is 19.5 Å². The number of benzene rings is 2. The molecule has 132 valence electrons. The first-order chi connectivity index (χ1) is 12.1. The lowest BCUT2D eigenvalue weighted by molar-refractivity contribution is -0.179. The quantitative estimate of drug-likeness (QED) is 0.846. The summed E-state index contributed by atoms with van der Waals surface area (Å²) in [5.41, 5.74) is 2.08. The van der Waals surface area contributed by atoms with E-state index < -0.39 is 15.8 Å². The molecule has 2 saturated heterocycles. The minimum absolute atomic E-state index is 0.330. The van der Waals surface area contributed by atoms with Crippen molar-refractivity contribution in [3.05, 3.63) is 54.6 Å². The van der Waals surface area contributed by atoms with Crippen LogP contribution in [0, 0.1) is 0 Å². The highest BCUT2D eigenvalue weighted by atomic mass is 32.2. The molecule has 1 spiro atoms. The Morgan fingerprint density at radius 1 is 0.800 bits per heavy atom. The Kier molecular flexibility index (Phi) is 4.37. The molecule has 2 aromatic rings. The second-order valence-electron chi connectivity index (χ2n) is 6.40. The number of nitrogens with zero attached hydrogens (tertiary/aromatic N) is 1. The summed E-state index contributed by atoms with van der Waals surface area (Å²) in [5.74, 6) is -0.566. The third-order valence-corrected chi connectivity index (χ3v) is 6.81. The van der Waals surface area contributed by atoms with E-state index in [4.69, 9.17) is 9.47 Å². The summed E-state index contributed by atoms with van der Waals surface area (Å²) in [7, 11) is -3.48. The molecule has 0 aliphatic carbocycles. The van der Waals surface area contributed by atoms with Crippen LogP contribution in [0.1, 0.15) is 12.8 Å². The molecule has 6 heteroatoms. The molecule has 2 aliphatic heterocycles. The number of piperidine rings is 1. The first-order valence-electron chi connectivity index (χ1n) is 8.53. The highest BCUT2D eigenvalue weighted by Crippen LogP contribution is 2.33. The first kappa shape index (κ1) is 16.7. The van der Waals surface area contributed by atoms with Crippen LogP contribution >= 0.6 is 0 Å². The fourth-order valence-electron chi connectivity index (χ4n) is 3.45. The Bertz CT molecular complexity index is 817. The summed E-state index contributed by atoms with van der Waals surface area (Å²) >= 11 is 0. The van der Waals surface area contributed by atoms with Crippen LogP contribution in [0.2, 0.25) is 0 Å². The van der Waals surface area contributed by atoms with Gasteiger partial charge in [-0.05, 0) is 23.3 Å². The number of hydrogen-bond acceptors (Lipinski definition) is 4. The molecule has 2 aromatic carbocycles. The van der Waals surface area contributed by atoms with Crippen LogP contribution < -0.4 is 0 Å². The van der Waals surface area contributed by atoms with E-state index in [1.54, 1.807) is 12.1 Å². The van der Waals surface area contributed by atoms with Crippen molar-refractivity contribution < 1.29 is 17.9 Å². The lowest BCUT2D eigenvalue weighted by Crippen LogP contribution is -2.47. The number of sulfonamides is 1. The Morgan fingerprint density at radius 2 is 1.36 bits per heavy atom. The third-order valence-electron chi connectivity index (χ3n) is 4.90. The molecular formula is C19H21NO4S. The van der Waals surface area contributed by atoms with E-state index >= 15 is 0 Å². The molecule has 0 unspecified atom stereocenters. The smallest absolute Gasteiger partial charge is 0.243 e. The Labute approximate surface area is 148 Å². The van der Waals surface area contributed by atoms with Gasteiger partial charge < -0.3 is 9.47 Å². The van der Waals surface area contributed by atoms with Gasteiger partial charge in [0, 0.05) is 25.9 Å². The van der Waals surface area contributed by atoms with Crippen LogP contribution in [0.25, 0.3) is 11.1 Å². The third kappa shape index (κ3) is 3.22. The topological polar surface area (TPSA) is 55.8 Å². The van der Waals surface area contributed by atoms with E-state index in [0.29, 0.717) is 44.0 Å². The van der Waals surface area contributed by atoms with E-state index in [-0.39, 0.29) is 0 Å². The Balaban J connectivity index is 1.51. The van der Waals surface area contributed by atoms with Crippen molar-refractivity contribution in [3.63, 3.8) is 0 Å². The van der Waals surface area contributed by atoms with E-state index in [1.807, 2.05) is 42.5 Å². The Hall–Kier alpha value is -1.73. The summed E-state index contributed by atoms with van der Waals surface area (Å²) < 4.78 is 38.6. The van der Waals surface area contributed by atoms with Gasteiger partial charge in [-0.25, -0.2) is 8.42 Å². The van der Waals surface area contributed by atoms with Gasteiger partial charge in [0.05, 0.1) is 18.1 Å². The molecule has 25 heavy (non-hydrogen) atoms. The molecule has 0 radical (unpaired) electrons. The maximum Gasteiger partial charge on any atom is 0.243 e. The summed E-state index contributed by atoms with van der Waals surface area (Å²) in [6.07, 6.45) is 1.16. The maximum atomic E-state index is 12.9. The summed E-state index contributed by atoms with van der Waals surface area (Å²) in [5, 5.41) is 0. The van der Waals surface area contributed by atoms with Crippen LogP contribution in [0.5, 0.6) is 0 Å². The summed E-state index contributed by atoms with van der Waals surface area (Å²) in [6, 6.07) is 17.0. The number of hydrogen-bond donors (Lipinski definition) is 0. The van der Waals surface area contributed by atoms with Crippen molar-refractivity contribution in [3.8, 4) is 11.1 Å². The minimum atomic E-state index is -3.48. The molecule has 5 nitrogen and oxygen atoms in total. The van der Waals surface area contributed by atoms with Crippen LogP contribution in [-0.4, -0.2) is 44.8 Å². The van der Waals surface area contributed by atoms with Crippen molar-refractivity contribution in [2.24, 2.45) is 0 Å². The average Bonchev–Trinajstić information content (AvgIpc) is 3.11. The van der Waals surface area contributed by atoms with Crippen LogP contribution in [0.4, 0.5) is 0 Å². The van der Waals surface area contributed by atoms with E-state index in [9.17, 15) is 8.42 Å². The lowest BCUT2D eigenvalue weighted by Gasteiger charge is -2.36. The van der Waals surface area contributed by atoms with Gasteiger partial charge in [-0.1, -0.05) is 42.5 Å². The van der Waals surface area contributed by atoms with Gasteiger partial charge in [0.2, 0.25) is 10.0 Å². The van der Waals surface area contributed by atoms with Gasteiger partial charge in [-0.15, -0.1) is 0 Å². The van der Waals surface area contributed by atoms with Gasteiger partial charge in [-0.3, -0.25) is 0 Å². The minimum Gasteiger partial charge on any atom is -0.347 e. The van der Waals surface area contributed by atoms with Crippen LogP contribution in [0.15, 0.2) is 59.5 Å². The van der Waals surface area contributed by atoms with Gasteiger partial charge in [0.1, 0.15) is 0 Å². The molecule has 0 N–H and O–H groups in total. The zero-order valence-corrected chi connectivity index (χ0v) is 14.7. The van der Waals surface area contributed by atoms with Crippen molar-refractivity contribution in [1.82, 2.24) is 4.31 Å². The van der Waals surface area contributed by atoms with E-state index in [2.05, 4.69) is 0 Å². The van der Waals surface area contributed by atoms with Crippen molar-refractivity contribution in [1.29, 1.82) is 0 Å². The molecule has 2 heterocycles. The molecule has 0 bridgehead atoms. The molecular weight excluding hydrogens is 338 g/mol. The zero-order valence-electron chi connectivity index (χ0n) is 13.9. The van der Waals surface area contributed by atoms with Crippen molar-refractivity contribution >= 4 is 10.0 Å². The fourth-order valence-corrected chi connectivity index (χ4v) is 4.89. The highest BCUT2D eigenvalue weighted by molar-refractivity contribution is 7.89. The summed E-state index contributed by atoms with van der Waals surface area (Å²) in [6.45, 7) is 2.02. The number of rotatable bonds is 3. The average molecular weight is 359 g/mol. The van der Waals surface area contributed by atoms with Gasteiger partial charge in [-0.2, -0.15) is 4.31 Å². The predicted octanol–water partition coefficient (Wildman–Crippen LogP) is 2.88. The lowest BCUT2D eigenvalue weighted by atomic mass is 10.1. The molecule has 2 fully saturated rings. The fraction of sp³-hybridized carbons (Fsp3) is 0.368. The number of ether oxygens (including phenoxy) is 2. The summed E-state index contributed by atoms with van der Waals surface area (Å²) in [4.78, 5) is 0.330. The second kappa shape index (κ2) is 6.53. The molecule has 0 amide bonds. The van der Waals surface area contributed by atoms with Gasteiger partial charge in [0.15, 0.2) is 5.79 Å². The van der Waals surface area contributed by atoms with E-state index in [0.717, 1.165) is 11.1 Å². The predicted molar refractivity (Wildman–Crippen MR) is 94.5 cm³/mol.